The number of rotatable bonds is 10. The summed E-state index contributed by atoms with van der Waals surface area (Å²) in [6.45, 7) is 12.1. The molecule has 4 aromatic rings. The van der Waals surface area contributed by atoms with Crippen LogP contribution in [-0.2, 0) is 6.42 Å². The van der Waals surface area contributed by atoms with Crippen LogP contribution in [0.3, 0.4) is 0 Å². The summed E-state index contributed by atoms with van der Waals surface area (Å²) >= 11 is 0. The highest BCUT2D eigenvalue weighted by atomic mass is 16.4. The lowest BCUT2D eigenvalue weighted by Gasteiger charge is -2.26. The van der Waals surface area contributed by atoms with Gasteiger partial charge in [-0.25, -0.2) is 9.78 Å². The van der Waals surface area contributed by atoms with E-state index in [2.05, 4.69) is 67.4 Å². The van der Waals surface area contributed by atoms with Gasteiger partial charge in [0.15, 0.2) is 5.58 Å². The molecule has 9 heteroatoms. The van der Waals surface area contributed by atoms with E-state index in [-0.39, 0.29) is 0 Å². The minimum atomic E-state index is -0.469. The third kappa shape index (κ3) is 6.00. The third-order valence-electron chi connectivity index (χ3n) is 7.13. The fourth-order valence-corrected chi connectivity index (χ4v) is 5.07. The van der Waals surface area contributed by atoms with Gasteiger partial charge in [-0.15, -0.1) is 0 Å². The molecule has 0 aliphatic carbocycles. The number of aromatic amines is 1. The van der Waals surface area contributed by atoms with Crippen molar-refractivity contribution in [2.24, 2.45) is 0 Å². The Morgan fingerprint density at radius 3 is 2.81 bits per heavy atom. The van der Waals surface area contributed by atoms with Gasteiger partial charge in [0, 0.05) is 42.3 Å². The maximum Gasteiger partial charge on any atom is 0.417 e. The van der Waals surface area contributed by atoms with Crippen LogP contribution in [-0.4, -0.2) is 63.5 Å². The molecule has 2 aromatic heterocycles. The Morgan fingerprint density at radius 1 is 1.14 bits per heavy atom. The molecule has 1 unspecified atom stereocenters. The summed E-state index contributed by atoms with van der Waals surface area (Å²) in [5.74, 6) is 0.739. The summed E-state index contributed by atoms with van der Waals surface area (Å²) < 4.78 is 5.08. The van der Waals surface area contributed by atoms with Crippen LogP contribution in [0.4, 0.5) is 23.1 Å². The number of benzene rings is 2. The van der Waals surface area contributed by atoms with Gasteiger partial charge in [0.25, 0.3) is 0 Å². The molecule has 0 bridgehead atoms. The number of anilines is 4. The van der Waals surface area contributed by atoms with E-state index in [1.807, 2.05) is 25.1 Å². The standard InChI is InChI=1S/C28H35N7O2/c1-4-35(5-2)23-12-14-34(18-23)13-11-20-7-6-8-21(15-20)31-27-29-17-19(3)26(33-27)30-22-9-10-25-24(16-22)32-28(36)37-25/h6-10,15-17,23H,4-5,11-14,18H2,1-3H3,(H,32,36)(H2,29,30,31,33). The van der Waals surface area contributed by atoms with Crippen molar-refractivity contribution < 1.29 is 4.42 Å². The number of aryl methyl sites for hydroxylation is 1. The Hall–Kier alpha value is -3.69. The van der Waals surface area contributed by atoms with Gasteiger partial charge < -0.3 is 20.0 Å². The van der Waals surface area contributed by atoms with Gasteiger partial charge in [0.2, 0.25) is 5.95 Å². The fourth-order valence-electron chi connectivity index (χ4n) is 5.07. The van der Waals surface area contributed by atoms with Crippen LogP contribution in [0.2, 0.25) is 0 Å². The Bertz CT molecular complexity index is 1410. The van der Waals surface area contributed by atoms with E-state index in [1.165, 1.54) is 18.5 Å². The number of nitrogens with zero attached hydrogens (tertiary/aromatic N) is 4. The number of likely N-dealkylation sites (tertiary alicyclic amines) is 1. The van der Waals surface area contributed by atoms with Gasteiger partial charge in [-0.05, 0) is 75.3 Å². The van der Waals surface area contributed by atoms with Gasteiger partial charge in [-0.1, -0.05) is 26.0 Å². The van der Waals surface area contributed by atoms with Crippen molar-refractivity contribution >= 4 is 34.2 Å². The van der Waals surface area contributed by atoms with Crippen molar-refractivity contribution in [2.45, 2.75) is 39.7 Å². The molecule has 1 atom stereocenters. The Kier molecular flexibility index (Phi) is 7.52. The number of nitrogens with one attached hydrogen (secondary N) is 3. The summed E-state index contributed by atoms with van der Waals surface area (Å²) in [5, 5.41) is 6.67. The van der Waals surface area contributed by atoms with E-state index in [9.17, 15) is 4.79 Å². The summed E-state index contributed by atoms with van der Waals surface area (Å²) in [5.41, 5.74) is 5.12. The highest BCUT2D eigenvalue weighted by Gasteiger charge is 2.25. The lowest BCUT2D eigenvalue weighted by atomic mass is 10.1. The first-order valence-electron chi connectivity index (χ1n) is 13.1. The number of hydrogen-bond donors (Lipinski definition) is 3. The van der Waals surface area contributed by atoms with Gasteiger partial charge in [-0.2, -0.15) is 4.98 Å². The van der Waals surface area contributed by atoms with Crippen LogP contribution >= 0.6 is 0 Å². The molecule has 1 fully saturated rings. The molecule has 0 radical (unpaired) electrons. The average molecular weight is 502 g/mol. The zero-order valence-corrected chi connectivity index (χ0v) is 21.8. The SMILES string of the molecule is CCN(CC)C1CCN(CCc2cccc(Nc3ncc(C)c(Nc4ccc5oc(=O)[nH]c5c4)n3)c2)C1. The first-order chi connectivity index (χ1) is 18.0. The first kappa shape index (κ1) is 25.0. The number of likely N-dealkylation sites (N-methyl/N-ethyl adjacent to an activating group) is 1. The summed E-state index contributed by atoms with van der Waals surface area (Å²) in [6, 6.07) is 14.6. The topological polar surface area (TPSA) is 102 Å². The van der Waals surface area contributed by atoms with Crippen molar-refractivity contribution in [3.63, 3.8) is 0 Å². The predicted octanol–water partition coefficient (Wildman–Crippen LogP) is 4.67. The van der Waals surface area contributed by atoms with E-state index < -0.39 is 5.76 Å². The van der Waals surface area contributed by atoms with Crippen molar-refractivity contribution in [2.75, 3.05) is 43.4 Å². The fraction of sp³-hybridized carbons (Fsp3) is 0.393. The van der Waals surface area contributed by atoms with E-state index in [0.717, 1.165) is 49.5 Å². The molecule has 9 nitrogen and oxygen atoms in total. The molecular formula is C28H35N7O2. The molecule has 1 saturated heterocycles. The molecule has 3 heterocycles. The maximum atomic E-state index is 11.4. The lowest BCUT2D eigenvalue weighted by molar-refractivity contribution is 0.211. The Morgan fingerprint density at radius 2 is 1.97 bits per heavy atom. The molecule has 37 heavy (non-hydrogen) atoms. The second kappa shape index (κ2) is 11.1. The van der Waals surface area contributed by atoms with E-state index >= 15 is 0 Å². The van der Waals surface area contributed by atoms with Crippen molar-refractivity contribution in [1.29, 1.82) is 0 Å². The minimum Gasteiger partial charge on any atom is -0.408 e. The number of fused-ring (bicyclic) bond motifs is 1. The molecule has 3 N–H and O–H groups in total. The van der Waals surface area contributed by atoms with E-state index in [4.69, 9.17) is 4.42 Å². The summed E-state index contributed by atoms with van der Waals surface area (Å²) in [6.07, 6.45) is 4.07. The second-order valence-corrected chi connectivity index (χ2v) is 9.62. The number of hydrogen-bond acceptors (Lipinski definition) is 8. The molecule has 5 rings (SSSR count). The zero-order valence-electron chi connectivity index (χ0n) is 21.8. The highest BCUT2D eigenvalue weighted by molar-refractivity contribution is 5.78. The van der Waals surface area contributed by atoms with Gasteiger partial charge in [0.05, 0.1) is 5.52 Å². The quantitative estimate of drug-likeness (QED) is 0.288. The van der Waals surface area contributed by atoms with Crippen LogP contribution in [0, 0.1) is 6.92 Å². The summed E-state index contributed by atoms with van der Waals surface area (Å²) in [7, 11) is 0. The van der Waals surface area contributed by atoms with Gasteiger partial charge in [-0.3, -0.25) is 9.88 Å². The largest absolute Gasteiger partial charge is 0.417 e. The van der Waals surface area contributed by atoms with E-state index in [1.54, 1.807) is 12.3 Å². The zero-order chi connectivity index (χ0) is 25.8. The monoisotopic (exact) mass is 501 g/mol. The van der Waals surface area contributed by atoms with Crippen LogP contribution in [0.25, 0.3) is 11.1 Å². The van der Waals surface area contributed by atoms with Crippen molar-refractivity contribution in [1.82, 2.24) is 24.8 Å². The van der Waals surface area contributed by atoms with Crippen molar-refractivity contribution in [3.05, 3.63) is 70.3 Å². The number of H-pyrrole nitrogens is 1. The minimum absolute atomic E-state index is 0.469. The molecule has 0 saturated carbocycles. The van der Waals surface area contributed by atoms with Crippen LogP contribution < -0.4 is 16.4 Å². The maximum absolute atomic E-state index is 11.4. The molecule has 2 aromatic carbocycles. The molecule has 194 valence electrons. The molecule has 0 spiro atoms. The molecule has 0 amide bonds. The normalized spacial score (nSPS) is 16.1. The van der Waals surface area contributed by atoms with Crippen molar-refractivity contribution in [3.8, 4) is 0 Å². The number of aromatic nitrogens is 3. The molecule has 1 aliphatic heterocycles. The van der Waals surface area contributed by atoms with Crippen LogP contribution in [0.15, 0.2) is 57.9 Å². The smallest absolute Gasteiger partial charge is 0.408 e. The second-order valence-electron chi connectivity index (χ2n) is 9.62. The number of oxazole rings is 1. The van der Waals surface area contributed by atoms with Crippen LogP contribution in [0.5, 0.6) is 0 Å². The van der Waals surface area contributed by atoms with Gasteiger partial charge >= 0.3 is 5.76 Å². The third-order valence-corrected chi connectivity index (χ3v) is 7.13. The predicted molar refractivity (Wildman–Crippen MR) is 148 cm³/mol. The van der Waals surface area contributed by atoms with E-state index in [0.29, 0.717) is 28.9 Å². The molecular weight excluding hydrogens is 466 g/mol. The first-order valence-corrected chi connectivity index (χ1v) is 13.1. The van der Waals surface area contributed by atoms with Gasteiger partial charge in [0.1, 0.15) is 5.82 Å². The Labute approximate surface area is 216 Å². The van der Waals surface area contributed by atoms with Crippen LogP contribution in [0.1, 0.15) is 31.4 Å². The molecule has 1 aliphatic rings. The Balaban J connectivity index is 1.22. The average Bonchev–Trinajstić information content (AvgIpc) is 3.51. The lowest BCUT2D eigenvalue weighted by Crippen LogP contribution is -2.37. The highest BCUT2D eigenvalue weighted by Crippen LogP contribution is 2.24. The summed E-state index contributed by atoms with van der Waals surface area (Å²) in [4.78, 5) is 28.4.